The van der Waals surface area contributed by atoms with Crippen molar-refractivity contribution in [3.8, 4) is 11.4 Å². The number of benzene rings is 3. The van der Waals surface area contributed by atoms with Crippen LogP contribution in [0.3, 0.4) is 0 Å². The Hall–Kier alpha value is -3.07. The number of ether oxygens (including phenoxy) is 2. The second-order valence-electron chi connectivity index (χ2n) is 8.29. The SMILES string of the molecule is Cc1ccccc1-n1c(SCC(O)COc2ccc3ccccc3c2)nnc1N1CCOCC1. The summed E-state index contributed by atoms with van der Waals surface area (Å²) in [5.41, 5.74) is 2.18. The average Bonchev–Trinajstić information content (AvgIpc) is 3.30. The molecule has 2 heterocycles. The summed E-state index contributed by atoms with van der Waals surface area (Å²) < 4.78 is 13.5. The number of nitrogens with zero attached hydrogens (tertiary/aromatic N) is 4. The van der Waals surface area contributed by atoms with Crippen LogP contribution in [0.2, 0.25) is 0 Å². The Morgan fingerprint density at radius 3 is 2.59 bits per heavy atom. The first-order chi connectivity index (χ1) is 16.7. The molecule has 7 nitrogen and oxygen atoms in total. The Morgan fingerprint density at radius 2 is 1.76 bits per heavy atom. The maximum Gasteiger partial charge on any atom is 0.232 e. The third-order valence-electron chi connectivity index (χ3n) is 5.83. The Balaban J connectivity index is 1.28. The quantitative estimate of drug-likeness (QED) is 0.384. The van der Waals surface area contributed by atoms with E-state index in [1.165, 1.54) is 11.8 Å². The number of rotatable bonds is 8. The second kappa shape index (κ2) is 10.5. The van der Waals surface area contributed by atoms with Crippen LogP contribution in [-0.2, 0) is 4.74 Å². The predicted molar refractivity (Wildman–Crippen MR) is 135 cm³/mol. The molecule has 1 aliphatic heterocycles. The molecule has 4 aromatic rings. The Labute approximate surface area is 203 Å². The molecular weight excluding hydrogens is 448 g/mol. The number of aromatic nitrogens is 3. The van der Waals surface area contributed by atoms with Gasteiger partial charge in [0, 0.05) is 18.8 Å². The van der Waals surface area contributed by atoms with E-state index in [2.05, 4.69) is 50.9 Å². The van der Waals surface area contributed by atoms with Crippen molar-refractivity contribution in [3.05, 3.63) is 72.3 Å². The monoisotopic (exact) mass is 476 g/mol. The predicted octanol–water partition coefficient (Wildman–Crippen LogP) is 4.10. The van der Waals surface area contributed by atoms with E-state index >= 15 is 0 Å². The molecule has 1 fully saturated rings. The molecule has 1 saturated heterocycles. The van der Waals surface area contributed by atoms with Crippen LogP contribution in [-0.4, -0.2) is 64.6 Å². The van der Waals surface area contributed by atoms with Gasteiger partial charge in [0.15, 0.2) is 5.16 Å². The molecule has 0 saturated carbocycles. The van der Waals surface area contributed by atoms with Crippen molar-refractivity contribution in [3.63, 3.8) is 0 Å². The highest BCUT2D eigenvalue weighted by Crippen LogP contribution is 2.29. The second-order valence-corrected chi connectivity index (χ2v) is 9.28. The van der Waals surface area contributed by atoms with E-state index in [4.69, 9.17) is 9.47 Å². The molecule has 0 spiro atoms. The number of hydrogen-bond donors (Lipinski definition) is 1. The molecule has 3 aromatic carbocycles. The summed E-state index contributed by atoms with van der Waals surface area (Å²) in [7, 11) is 0. The van der Waals surface area contributed by atoms with E-state index in [-0.39, 0.29) is 6.61 Å². The first kappa shape index (κ1) is 22.7. The minimum atomic E-state index is -0.648. The number of aryl methyl sites for hydroxylation is 1. The number of aliphatic hydroxyl groups is 1. The van der Waals surface area contributed by atoms with Gasteiger partial charge in [0.1, 0.15) is 12.4 Å². The van der Waals surface area contributed by atoms with E-state index in [9.17, 15) is 5.11 Å². The number of anilines is 1. The van der Waals surface area contributed by atoms with Crippen molar-refractivity contribution in [2.45, 2.75) is 18.2 Å². The van der Waals surface area contributed by atoms with Gasteiger partial charge in [-0.15, -0.1) is 10.2 Å². The maximum absolute atomic E-state index is 10.6. The van der Waals surface area contributed by atoms with Crippen molar-refractivity contribution in [1.82, 2.24) is 14.8 Å². The maximum atomic E-state index is 10.6. The standard InChI is InChI=1S/C26H28N4O3S/c1-19-6-2-5-9-24(19)30-25(29-12-14-32-15-13-29)27-28-26(30)34-18-22(31)17-33-23-11-10-20-7-3-4-8-21(20)16-23/h2-11,16,22,31H,12-15,17-18H2,1H3. The van der Waals surface area contributed by atoms with Gasteiger partial charge in [0.2, 0.25) is 5.95 Å². The zero-order valence-corrected chi connectivity index (χ0v) is 19.9. The Morgan fingerprint density at radius 1 is 1.00 bits per heavy atom. The van der Waals surface area contributed by atoms with E-state index < -0.39 is 6.10 Å². The third-order valence-corrected chi connectivity index (χ3v) is 6.91. The molecule has 5 rings (SSSR count). The van der Waals surface area contributed by atoms with Gasteiger partial charge in [-0.3, -0.25) is 4.57 Å². The lowest BCUT2D eigenvalue weighted by atomic mass is 10.1. The largest absolute Gasteiger partial charge is 0.491 e. The summed E-state index contributed by atoms with van der Waals surface area (Å²) >= 11 is 1.48. The highest BCUT2D eigenvalue weighted by atomic mass is 32.2. The topological polar surface area (TPSA) is 72.6 Å². The number of thioether (sulfide) groups is 1. The van der Waals surface area contributed by atoms with Gasteiger partial charge in [0.25, 0.3) is 0 Å². The van der Waals surface area contributed by atoms with Crippen LogP contribution in [0.5, 0.6) is 5.75 Å². The molecule has 1 unspecified atom stereocenters. The van der Waals surface area contributed by atoms with Crippen LogP contribution in [0.1, 0.15) is 5.56 Å². The minimum absolute atomic E-state index is 0.208. The van der Waals surface area contributed by atoms with Crippen molar-refractivity contribution in [2.75, 3.05) is 43.6 Å². The fraction of sp³-hybridized carbons (Fsp3) is 0.308. The number of morpholine rings is 1. The van der Waals surface area contributed by atoms with Crippen LogP contribution >= 0.6 is 11.8 Å². The summed E-state index contributed by atoms with van der Waals surface area (Å²) in [5, 5.41) is 22.6. The molecular formula is C26H28N4O3S. The van der Waals surface area contributed by atoms with Gasteiger partial charge in [-0.1, -0.05) is 60.3 Å². The van der Waals surface area contributed by atoms with Gasteiger partial charge in [-0.05, 0) is 41.5 Å². The number of aliphatic hydroxyl groups excluding tert-OH is 1. The number of para-hydroxylation sites is 1. The van der Waals surface area contributed by atoms with Crippen LogP contribution < -0.4 is 9.64 Å². The number of hydrogen-bond acceptors (Lipinski definition) is 7. The van der Waals surface area contributed by atoms with Crippen LogP contribution in [0.25, 0.3) is 16.5 Å². The van der Waals surface area contributed by atoms with Gasteiger partial charge >= 0.3 is 0 Å². The van der Waals surface area contributed by atoms with Gasteiger partial charge in [-0.2, -0.15) is 0 Å². The molecule has 1 atom stereocenters. The highest BCUT2D eigenvalue weighted by Gasteiger charge is 2.23. The first-order valence-electron chi connectivity index (χ1n) is 11.5. The molecule has 1 N–H and O–H groups in total. The third kappa shape index (κ3) is 5.04. The van der Waals surface area contributed by atoms with Gasteiger partial charge < -0.3 is 19.5 Å². The van der Waals surface area contributed by atoms with E-state index in [0.717, 1.165) is 52.0 Å². The van der Waals surface area contributed by atoms with Crippen LogP contribution in [0.4, 0.5) is 5.95 Å². The summed E-state index contributed by atoms with van der Waals surface area (Å²) in [6.45, 7) is 5.19. The summed E-state index contributed by atoms with van der Waals surface area (Å²) in [6.07, 6.45) is -0.648. The lowest BCUT2D eigenvalue weighted by Gasteiger charge is -2.28. The molecule has 34 heavy (non-hydrogen) atoms. The molecule has 176 valence electrons. The molecule has 0 amide bonds. The van der Waals surface area contributed by atoms with Crippen molar-refractivity contribution < 1.29 is 14.6 Å². The summed E-state index contributed by atoms with van der Waals surface area (Å²) in [4.78, 5) is 2.20. The van der Waals surface area contributed by atoms with Crippen molar-refractivity contribution in [1.29, 1.82) is 0 Å². The normalized spacial score (nSPS) is 14.9. The molecule has 0 radical (unpaired) electrons. The van der Waals surface area contributed by atoms with E-state index in [1.807, 2.05) is 42.5 Å². The highest BCUT2D eigenvalue weighted by molar-refractivity contribution is 7.99. The minimum Gasteiger partial charge on any atom is -0.491 e. The molecule has 0 aliphatic carbocycles. The lowest BCUT2D eigenvalue weighted by Crippen LogP contribution is -2.38. The van der Waals surface area contributed by atoms with Gasteiger partial charge in [0.05, 0.1) is 25.0 Å². The molecule has 1 aromatic heterocycles. The summed E-state index contributed by atoms with van der Waals surface area (Å²) in [5.74, 6) is 2.00. The fourth-order valence-corrected chi connectivity index (χ4v) is 4.86. The van der Waals surface area contributed by atoms with Crippen LogP contribution in [0, 0.1) is 6.92 Å². The molecule has 0 bridgehead atoms. The molecule has 1 aliphatic rings. The first-order valence-corrected chi connectivity index (χ1v) is 12.4. The number of fused-ring (bicyclic) bond motifs is 1. The lowest BCUT2D eigenvalue weighted by molar-refractivity contribution is 0.122. The zero-order chi connectivity index (χ0) is 23.3. The van der Waals surface area contributed by atoms with E-state index in [1.54, 1.807) is 0 Å². The Bertz CT molecular complexity index is 1260. The average molecular weight is 477 g/mol. The van der Waals surface area contributed by atoms with E-state index in [0.29, 0.717) is 19.0 Å². The zero-order valence-electron chi connectivity index (χ0n) is 19.1. The van der Waals surface area contributed by atoms with Crippen molar-refractivity contribution in [2.24, 2.45) is 0 Å². The van der Waals surface area contributed by atoms with Crippen molar-refractivity contribution >= 4 is 28.5 Å². The molecule has 8 heteroatoms. The smallest absolute Gasteiger partial charge is 0.232 e. The fourth-order valence-electron chi connectivity index (χ4n) is 4.02. The summed E-state index contributed by atoms with van der Waals surface area (Å²) in [6, 6.07) is 22.3. The van der Waals surface area contributed by atoms with Gasteiger partial charge in [-0.25, -0.2) is 0 Å². The Kier molecular flexibility index (Phi) is 6.99. The van der Waals surface area contributed by atoms with Crippen LogP contribution in [0.15, 0.2) is 71.9 Å².